The first-order chi connectivity index (χ1) is 15.8. The molecule has 2 amide bonds. The lowest BCUT2D eigenvalue weighted by Gasteiger charge is -2.16. The lowest BCUT2D eigenvalue weighted by atomic mass is 10.2. The maximum atomic E-state index is 12.4. The van der Waals surface area contributed by atoms with Crippen LogP contribution in [0.25, 0.3) is 0 Å². The van der Waals surface area contributed by atoms with Gasteiger partial charge in [0.05, 0.1) is 19.4 Å². The van der Waals surface area contributed by atoms with Crippen LogP contribution in [-0.2, 0) is 36.3 Å². The van der Waals surface area contributed by atoms with E-state index >= 15 is 0 Å². The van der Waals surface area contributed by atoms with Crippen LogP contribution in [0.15, 0.2) is 47.4 Å². The Morgan fingerprint density at radius 1 is 1.09 bits per heavy atom. The van der Waals surface area contributed by atoms with Gasteiger partial charge in [-0.15, -0.1) is 0 Å². The average molecular weight is 480 g/mol. The van der Waals surface area contributed by atoms with Gasteiger partial charge in [-0.05, 0) is 31.9 Å². The monoisotopic (exact) mass is 480 g/mol. The van der Waals surface area contributed by atoms with Crippen molar-refractivity contribution < 1.29 is 27.9 Å². The second-order valence-corrected chi connectivity index (χ2v) is 8.97. The van der Waals surface area contributed by atoms with Gasteiger partial charge in [0.2, 0.25) is 5.91 Å². The lowest BCUT2D eigenvalue weighted by Crippen LogP contribution is -2.34. The Morgan fingerprint density at radius 3 is 2.42 bits per heavy atom. The molecule has 11 nitrogen and oxygen atoms in total. The number of benzene rings is 1. The van der Waals surface area contributed by atoms with E-state index in [2.05, 4.69) is 15.6 Å². The number of anilines is 1. The van der Waals surface area contributed by atoms with Gasteiger partial charge in [-0.2, -0.15) is 4.98 Å². The zero-order chi connectivity index (χ0) is 24.1. The van der Waals surface area contributed by atoms with Gasteiger partial charge >= 0.3 is 19.4 Å². The van der Waals surface area contributed by atoms with Crippen molar-refractivity contribution in [3.63, 3.8) is 0 Å². The quantitative estimate of drug-likeness (QED) is 0.330. The molecule has 0 atom stereocenters. The van der Waals surface area contributed by atoms with Crippen molar-refractivity contribution in [1.29, 1.82) is 0 Å². The molecule has 0 aliphatic rings. The summed E-state index contributed by atoms with van der Waals surface area (Å²) in [6, 6.07) is 10.5. The summed E-state index contributed by atoms with van der Waals surface area (Å²) >= 11 is 0. The molecule has 0 spiro atoms. The highest BCUT2D eigenvalue weighted by Crippen LogP contribution is 2.48. The van der Waals surface area contributed by atoms with Gasteiger partial charge in [0, 0.05) is 12.7 Å². The number of ether oxygens (including phenoxy) is 1. The fraction of sp³-hybridized carbons (Fsp3) is 0.429. The molecular weight excluding hydrogens is 451 g/mol. The molecule has 0 aliphatic heterocycles. The Morgan fingerprint density at radius 2 is 1.79 bits per heavy atom. The Bertz CT molecular complexity index is 1000. The standard InChI is InChI=1S/C21H29N4O7P/c1-3-31-33(29,32-4-2)14-8-12-22-19(26)15-25-13-11-18(23-20(25)27)24-21(28)30-16-17-9-6-5-7-10-17/h5-7,9-11,13H,3-4,8,12,14-16H2,1-2H3,(H,22,26)(H,23,24,27,28). The van der Waals surface area contributed by atoms with Crippen LogP contribution in [0.2, 0.25) is 0 Å². The van der Waals surface area contributed by atoms with Crippen LogP contribution >= 0.6 is 7.60 Å². The Balaban J connectivity index is 1.77. The van der Waals surface area contributed by atoms with E-state index < -0.39 is 25.3 Å². The molecule has 180 valence electrons. The lowest BCUT2D eigenvalue weighted by molar-refractivity contribution is -0.121. The molecule has 0 bridgehead atoms. The Hall–Kier alpha value is -3.01. The van der Waals surface area contributed by atoms with Crippen LogP contribution in [0.3, 0.4) is 0 Å². The third kappa shape index (κ3) is 9.56. The summed E-state index contributed by atoms with van der Waals surface area (Å²) in [5.41, 5.74) is 0.115. The number of carbonyl (C=O) groups is 2. The fourth-order valence-electron chi connectivity index (χ4n) is 2.75. The molecule has 12 heteroatoms. The molecule has 2 aromatic rings. The van der Waals surface area contributed by atoms with Gasteiger partial charge in [-0.25, -0.2) is 9.59 Å². The van der Waals surface area contributed by atoms with Gasteiger partial charge in [0.15, 0.2) is 0 Å². The van der Waals surface area contributed by atoms with Crippen LogP contribution in [0.1, 0.15) is 25.8 Å². The number of hydrogen-bond acceptors (Lipinski definition) is 8. The van der Waals surface area contributed by atoms with Crippen molar-refractivity contribution in [3.8, 4) is 0 Å². The molecule has 2 rings (SSSR count). The second kappa shape index (κ2) is 13.5. The largest absolute Gasteiger partial charge is 0.444 e. The molecule has 0 unspecified atom stereocenters. The van der Waals surface area contributed by atoms with Crippen LogP contribution in [0, 0.1) is 0 Å². The van der Waals surface area contributed by atoms with Crippen molar-refractivity contribution in [2.24, 2.45) is 0 Å². The van der Waals surface area contributed by atoms with Crippen molar-refractivity contribution in [1.82, 2.24) is 14.9 Å². The minimum atomic E-state index is -3.15. The molecular formula is C21H29N4O7P. The maximum absolute atomic E-state index is 12.4. The fourth-order valence-corrected chi connectivity index (χ4v) is 4.42. The number of nitrogens with one attached hydrogen (secondary N) is 2. The minimum Gasteiger partial charge on any atom is -0.444 e. The first-order valence-electron chi connectivity index (χ1n) is 10.5. The zero-order valence-corrected chi connectivity index (χ0v) is 19.6. The highest BCUT2D eigenvalue weighted by molar-refractivity contribution is 7.53. The number of hydrogen-bond donors (Lipinski definition) is 2. The van der Waals surface area contributed by atoms with Crippen molar-refractivity contribution in [2.75, 3.05) is 31.2 Å². The summed E-state index contributed by atoms with van der Waals surface area (Å²) in [6.45, 7) is 4.08. The SMILES string of the molecule is CCOP(=O)(CCCNC(=O)Cn1ccc(NC(=O)OCc2ccccc2)nc1=O)OCC. The predicted octanol–water partition coefficient (Wildman–Crippen LogP) is 2.76. The highest BCUT2D eigenvalue weighted by atomic mass is 31.2. The van der Waals surface area contributed by atoms with E-state index in [1.54, 1.807) is 13.8 Å². The number of aromatic nitrogens is 2. The molecule has 0 fully saturated rings. The summed E-state index contributed by atoms with van der Waals surface area (Å²) < 4.78 is 28.9. The average Bonchev–Trinajstić information content (AvgIpc) is 2.78. The molecule has 33 heavy (non-hydrogen) atoms. The number of rotatable bonds is 13. The summed E-state index contributed by atoms with van der Waals surface area (Å²) in [5, 5.41) is 5.02. The number of nitrogens with zero attached hydrogens (tertiary/aromatic N) is 2. The van der Waals surface area contributed by atoms with Crippen LogP contribution < -0.4 is 16.3 Å². The maximum Gasteiger partial charge on any atom is 0.413 e. The van der Waals surface area contributed by atoms with Gasteiger partial charge in [-0.1, -0.05) is 30.3 Å². The number of carbonyl (C=O) groups excluding carboxylic acids is 2. The predicted molar refractivity (Wildman–Crippen MR) is 122 cm³/mol. The van der Waals surface area contributed by atoms with Gasteiger partial charge in [0.25, 0.3) is 0 Å². The smallest absolute Gasteiger partial charge is 0.413 e. The highest BCUT2D eigenvalue weighted by Gasteiger charge is 2.22. The van der Waals surface area contributed by atoms with E-state index in [9.17, 15) is 18.9 Å². The first kappa shape index (κ1) is 26.2. The van der Waals surface area contributed by atoms with E-state index in [1.165, 1.54) is 12.3 Å². The molecule has 2 N–H and O–H groups in total. The third-order valence-corrected chi connectivity index (χ3v) is 6.38. The van der Waals surface area contributed by atoms with Crippen molar-refractivity contribution >= 4 is 25.4 Å². The van der Waals surface area contributed by atoms with Crippen molar-refractivity contribution in [2.45, 2.75) is 33.4 Å². The molecule has 1 heterocycles. The second-order valence-electron chi connectivity index (χ2n) is 6.78. The van der Waals surface area contributed by atoms with Gasteiger partial charge < -0.3 is 19.1 Å². The van der Waals surface area contributed by atoms with E-state index in [-0.39, 0.29) is 44.9 Å². The summed E-state index contributed by atoms with van der Waals surface area (Å²) in [7, 11) is -3.15. The Kier molecular flexibility index (Phi) is 10.8. The van der Waals surface area contributed by atoms with Gasteiger partial charge in [0.1, 0.15) is 19.0 Å². The van der Waals surface area contributed by atoms with Gasteiger partial charge in [-0.3, -0.25) is 19.2 Å². The summed E-state index contributed by atoms with van der Waals surface area (Å²) in [4.78, 5) is 39.9. The minimum absolute atomic E-state index is 0.0114. The summed E-state index contributed by atoms with van der Waals surface area (Å²) in [6.07, 6.45) is 1.17. The Labute approximate surface area is 192 Å². The van der Waals surface area contributed by atoms with Crippen LogP contribution in [0.4, 0.5) is 10.6 Å². The summed E-state index contributed by atoms with van der Waals surface area (Å²) in [5.74, 6) is -0.401. The van der Waals surface area contributed by atoms with Crippen LogP contribution in [-0.4, -0.2) is 47.5 Å². The topological polar surface area (TPSA) is 138 Å². The third-order valence-electron chi connectivity index (χ3n) is 4.21. The van der Waals surface area contributed by atoms with E-state index in [1.807, 2.05) is 30.3 Å². The molecule has 0 radical (unpaired) electrons. The molecule has 0 saturated heterocycles. The number of amides is 2. The normalized spacial score (nSPS) is 11.1. The van der Waals surface area contributed by atoms with E-state index in [0.717, 1.165) is 10.1 Å². The molecule has 0 saturated carbocycles. The molecule has 1 aromatic heterocycles. The van der Waals surface area contributed by atoms with Crippen LogP contribution in [0.5, 0.6) is 0 Å². The van der Waals surface area contributed by atoms with E-state index in [4.69, 9.17) is 13.8 Å². The van der Waals surface area contributed by atoms with Crippen molar-refractivity contribution in [3.05, 3.63) is 58.6 Å². The van der Waals surface area contributed by atoms with E-state index in [0.29, 0.717) is 6.42 Å². The molecule has 0 aliphatic carbocycles. The first-order valence-corrected chi connectivity index (χ1v) is 12.3. The molecule has 1 aromatic carbocycles. The zero-order valence-electron chi connectivity index (χ0n) is 18.7.